The summed E-state index contributed by atoms with van der Waals surface area (Å²) in [6.07, 6.45) is -2.01. The van der Waals surface area contributed by atoms with Crippen LogP contribution in [0.15, 0.2) is 24.3 Å². The molecule has 0 aromatic heterocycles. The number of benzene rings is 1. The fourth-order valence-electron chi connectivity index (χ4n) is 2.99. The average molecular weight is 384 g/mol. The fraction of sp³-hybridized carbons (Fsp3) is 0.412. The third-order valence-electron chi connectivity index (χ3n) is 4.18. The number of halogens is 1. The zero-order valence-electron chi connectivity index (χ0n) is 14.4. The standard InChI is InChI=1S/C17H18ClNO7/c1-4-25-16(23)15(22)14-13(11-5-7-12(18)8-6-11)17(9(2)20,10(3)21)26-19(14)24/h5-8,13,15,22H,4H2,1-3H3/t13-,15+/m1/s1. The number of hydrogen-bond donors (Lipinski definition) is 1. The van der Waals surface area contributed by atoms with Gasteiger partial charge in [0.2, 0.25) is 11.7 Å². The van der Waals surface area contributed by atoms with Crippen molar-refractivity contribution in [2.45, 2.75) is 38.4 Å². The van der Waals surface area contributed by atoms with Crippen molar-refractivity contribution in [3.8, 4) is 0 Å². The van der Waals surface area contributed by atoms with Gasteiger partial charge >= 0.3 is 5.97 Å². The number of nitrogens with zero attached hydrogens (tertiary/aromatic N) is 1. The first kappa shape index (κ1) is 19.9. The Labute approximate surface area is 154 Å². The quantitative estimate of drug-likeness (QED) is 0.445. The van der Waals surface area contributed by atoms with E-state index in [1.807, 2.05) is 0 Å². The molecule has 0 spiro atoms. The Balaban J connectivity index is 2.67. The molecule has 1 heterocycles. The Kier molecular flexibility index (Phi) is 5.68. The van der Waals surface area contributed by atoms with Crippen molar-refractivity contribution in [1.29, 1.82) is 0 Å². The summed E-state index contributed by atoms with van der Waals surface area (Å²) in [4.78, 5) is 41.5. The number of carbonyl (C=O) groups excluding carboxylic acids is 3. The third-order valence-corrected chi connectivity index (χ3v) is 4.43. The summed E-state index contributed by atoms with van der Waals surface area (Å²) < 4.78 is 4.74. The molecule has 0 saturated heterocycles. The van der Waals surface area contributed by atoms with E-state index in [2.05, 4.69) is 0 Å². The van der Waals surface area contributed by atoms with Gasteiger partial charge in [0.1, 0.15) is 5.92 Å². The number of hydrogen-bond acceptors (Lipinski definition) is 7. The average Bonchev–Trinajstić information content (AvgIpc) is 2.89. The van der Waals surface area contributed by atoms with E-state index in [9.17, 15) is 24.7 Å². The number of Topliss-reactive ketones (excluding diaryl/α,β-unsaturated/α-hetero) is 2. The summed E-state index contributed by atoms with van der Waals surface area (Å²) in [6, 6.07) is 5.94. The van der Waals surface area contributed by atoms with E-state index in [0.717, 1.165) is 13.8 Å². The lowest BCUT2D eigenvalue weighted by Gasteiger charge is -2.30. The molecule has 1 aromatic rings. The molecule has 9 heteroatoms. The first-order valence-electron chi connectivity index (χ1n) is 7.82. The van der Waals surface area contributed by atoms with Gasteiger partial charge in [0.15, 0.2) is 11.6 Å². The topological polar surface area (TPSA) is 116 Å². The second kappa shape index (κ2) is 7.43. The van der Waals surface area contributed by atoms with Gasteiger partial charge in [-0.25, -0.2) is 4.79 Å². The van der Waals surface area contributed by atoms with Crippen LogP contribution in [-0.4, -0.2) is 51.6 Å². The van der Waals surface area contributed by atoms with Gasteiger partial charge in [-0.1, -0.05) is 23.7 Å². The SMILES string of the molecule is CCOC(=O)[C@@H](O)C1=[N+]([O-])OC(C(C)=O)(C(C)=O)[C@@H]1c1ccc(Cl)cc1. The minimum atomic E-state index is -2.20. The van der Waals surface area contributed by atoms with Gasteiger partial charge in [0.25, 0.3) is 5.71 Å². The lowest BCUT2D eigenvalue weighted by molar-refractivity contribution is -0.744. The van der Waals surface area contributed by atoms with E-state index in [1.54, 1.807) is 0 Å². The van der Waals surface area contributed by atoms with Crippen LogP contribution in [0.2, 0.25) is 5.02 Å². The monoisotopic (exact) mass is 383 g/mol. The lowest BCUT2D eigenvalue weighted by Crippen LogP contribution is -2.52. The molecule has 1 N–H and O–H groups in total. The van der Waals surface area contributed by atoms with E-state index < -0.39 is 40.9 Å². The van der Waals surface area contributed by atoms with E-state index in [0.29, 0.717) is 10.6 Å². The van der Waals surface area contributed by atoms with Gasteiger partial charge in [0.05, 0.1) is 6.61 Å². The van der Waals surface area contributed by atoms with E-state index in [4.69, 9.17) is 21.2 Å². The number of rotatable bonds is 6. The molecule has 0 unspecified atom stereocenters. The second-order valence-corrected chi connectivity index (χ2v) is 6.20. The van der Waals surface area contributed by atoms with Gasteiger partial charge < -0.3 is 14.7 Å². The van der Waals surface area contributed by atoms with E-state index in [1.165, 1.54) is 31.2 Å². The van der Waals surface area contributed by atoms with Crippen LogP contribution in [0.1, 0.15) is 32.3 Å². The smallest absolute Gasteiger partial charge is 0.346 e. The predicted octanol–water partition coefficient (Wildman–Crippen LogP) is 1.16. The van der Waals surface area contributed by atoms with Crippen LogP contribution >= 0.6 is 11.6 Å². The van der Waals surface area contributed by atoms with Crippen LogP contribution in [-0.2, 0) is 24.0 Å². The largest absolute Gasteiger partial charge is 0.464 e. The molecule has 0 bridgehead atoms. The summed E-state index contributed by atoms with van der Waals surface area (Å²) in [5, 5.41) is 23.1. The molecule has 2 rings (SSSR count). The van der Waals surface area contributed by atoms with Gasteiger partial charge in [0, 0.05) is 9.92 Å². The maximum atomic E-state index is 12.4. The van der Waals surface area contributed by atoms with Crippen LogP contribution in [0.4, 0.5) is 0 Å². The van der Waals surface area contributed by atoms with Gasteiger partial charge in [-0.2, -0.15) is 0 Å². The maximum absolute atomic E-state index is 12.4. The van der Waals surface area contributed by atoms with Crippen LogP contribution < -0.4 is 0 Å². The number of carbonyl (C=O) groups is 3. The third kappa shape index (κ3) is 3.17. The molecule has 140 valence electrons. The highest BCUT2D eigenvalue weighted by atomic mass is 35.5. The Morgan fingerprint density at radius 3 is 2.31 bits per heavy atom. The molecule has 0 saturated carbocycles. The van der Waals surface area contributed by atoms with Gasteiger partial charge in [-0.3, -0.25) is 14.8 Å². The van der Waals surface area contributed by atoms with Crippen molar-refractivity contribution in [3.63, 3.8) is 0 Å². The summed E-state index contributed by atoms with van der Waals surface area (Å²) in [5.74, 6) is -3.88. The molecule has 26 heavy (non-hydrogen) atoms. The highest BCUT2D eigenvalue weighted by Crippen LogP contribution is 2.41. The molecule has 2 atom stereocenters. The summed E-state index contributed by atoms with van der Waals surface area (Å²) in [6.45, 7) is 3.69. The summed E-state index contributed by atoms with van der Waals surface area (Å²) >= 11 is 5.87. The van der Waals surface area contributed by atoms with E-state index >= 15 is 0 Å². The molecule has 0 fully saturated rings. The summed E-state index contributed by atoms with van der Waals surface area (Å²) in [7, 11) is 0. The van der Waals surface area contributed by atoms with Gasteiger partial charge in [-0.05, 0) is 38.5 Å². The Hall–Kier alpha value is -2.45. The molecule has 1 aromatic carbocycles. The Morgan fingerprint density at radius 1 is 1.31 bits per heavy atom. The Morgan fingerprint density at radius 2 is 1.85 bits per heavy atom. The highest BCUT2D eigenvalue weighted by Gasteiger charge is 2.62. The van der Waals surface area contributed by atoms with Gasteiger partial charge in [-0.15, -0.1) is 0 Å². The molecular formula is C17H18ClNO7. The van der Waals surface area contributed by atoms with Crippen LogP contribution in [0.25, 0.3) is 0 Å². The molecule has 1 aliphatic rings. The number of aliphatic hydroxyl groups is 1. The normalized spacial score (nSPS) is 19.7. The molecule has 0 aliphatic carbocycles. The zero-order chi connectivity index (χ0) is 19.6. The first-order chi connectivity index (χ1) is 12.2. The maximum Gasteiger partial charge on any atom is 0.346 e. The molecule has 0 amide bonds. The first-order valence-corrected chi connectivity index (χ1v) is 8.20. The number of esters is 1. The molecule has 1 aliphatic heterocycles. The fourth-order valence-corrected chi connectivity index (χ4v) is 3.12. The summed E-state index contributed by atoms with van der Waals surface area (Å²) in [5.41, 5.74) is -2.40. The highest BCUT2D eigenvalue weighted by molar-refractivity contribution is 6.30. The molecule has 0 radical (unpaired) electrons. The Bertz CT molecular complexity index is 758. The predicted molar refractivity (Wildman–Crippen MR) is 90.6 cm³/mol. The van der Waals surface area contributed by atoms with Crippen LogP contribution in [0.3, 0.4) is 0 Å². The lowest BCUT2D eigenvalue weighted by atomic mass is 9.73. The number of aliphatic hydroxyl groups excluding tert-OH is 1. The minimum absolute atomic E-state index is 0.0287. The van der Waals surface area contributed by atoms with Crippen LogP contribution in [0.5, 0.6) is 0 Å². The second-order valence-electron chi connectivity index (χ2n) is 5.76. The van der Waals surface area contributed by atoms with E-state index in [-0.39, 0.29) is 11.5 Å². The minimum Gasteiger partial charge on any atom is -0.464 e. The van der Waals surface area contributed by atoms with Crippen molar-refractivity contribution < 1.29 is 34.0 Å². The van der Waals surface area contributed by atoms with Crippen molar-refractivity contribution in [2.24, 2.45) is 0 Å². The number of ketones is 2. The van der Waals surface area contributed by atoms with Crippen molar-refractivity contribution in [2.75, 3.05) is 6.61 Å². The van der Waals surface area contributed by atoms with Crippen molar-refractivity contribution in [3.05, 3.63) is 40.1 Å². The van der Waals surface area contributed by atoms with Crippen LogP contribution in [0, 0.1) is 5.21 Å². The molecule has 8 nitrogen and oxygen atoms in total. The number of ether oxygens (including phenoxy) is 1. The van der Waals surface area contributed by atoms with Crippen molar-refractivity contribution >= 4 is 34.8 Å². The van der Waals surface area contributed by atoms with Crippen molar-refractivity contribution in [1.82, 2.24) is 0 Å². The zero-order valence-corrected chi connectivity index (χ0v) is 15.1. The molecular weight excluding hydrogens is 366 g/mol.